The van der Waals surface area contributed by atoms with Crippen molar-refractivity contribution >= 4 is 81.7 Å². The molecule has 398 valence electrons. The molecule has 82 heavy (non-hydrogen) atoms. The molecule has 11 aromatic rings. The summed E-state index contributed by atoms with van der Waals surface area (Å²) in [5.41, 5.74) is 26.1. The Morgan fingerprint density at radius 3 is 0.866 bits per heavy atom. The lowest BCUT2D eigenvalue weighted by atomic mass is 9.95. The molecule has 0 bridgehead atoms. The molecule has 0 amide bonds. The van der Waals surface area contributed by atoms with Gasteiger partial charge in [-0.25, -0.2) is 0 Å². The Morgan fingerprint density at radius 2 is 0.561 bits per heavy atom. The summed E-state index contributed by atoms with van der Waals surface area (Å²) in [5.74, 6) is 0. The van der Waals surface area contributed by atoms with Crippen LogP contribution in [0.3, 0.4) is 0 Å². The molecule has 0 atom stereocenters. The maximum atomic E-state index is 2.42. The summed E-state index contributed by atoms with van der Waals surface area (Å²) in [6.45, 7) is 8.92. The van der Waals surface area contributed by atoms with Gasteiger partial charge in [0.25, 0.3) is 0 Å². The molecule has 2 nitrogen and oxygen atoms in total. The van der Waals surface area contributed by atoms with Crippen LogP contribution in [0.2, 0.25) is 0 Å². The first-order valence-corrected chi connectivity index (χ1v) is 28.7. The highest BCUT2D eigenvalue weighted by molar-refractivity contribution is 5.93. The second-order valence-electron chi connectivity index (χ2n) is 20.8. The zero-order chi connectivity index (χ0) is 56.0. The van der Waals surface area contributed by atoms with E-state index in [1.807, 2.05) is 0 Å². The van der Waals surface area contributed by atoms with E-state index >= 15 is 0 Å². The molecule has 11 aromatic carbocycles. The lowest BCUT2D eigenvalue weighted by Gasteiger charge is -2.29. The van der Waals surface area contributed by atoms with Crippen molar-refractivity contribution < 1.29 is 0 Å². The van der Waals surface area contributed by atoms with Gasteiger partial charge in [0.15, 0.2) is 0 Å². The van der Waals surface area contributed by atoms with E-state index in [4.69, 9.17) is 0 Å². The zero-order valence-electron chi connectivity index (χ0n) is 47.3. The van der Waals surface area contributed by atoms with Crippen molar-refractivity contribution in [3.05, 3.63) is 357 Å². The Kier molecular flexibility index (Phi) is 17.0. The third-order valence-electron chi connectivity index (χ3n) is 15.3. The maximum absolute atomic E-state index is 2.42. The molecule has 0 aliphatic carbocycles. The lowest BCUT2D eigenvalue weighted by Crippen LogP contribution is -2.13. The molecule has 0 saturated carbocycles. The molecular weight excluding hydrogens is 989 g/mol. The van der Waals surface area contributed by atoms with Crippen molar-refractivity contribution in [1.82, 2.24) is 0 Å². The number of aryl methyl sites for hydroxylation is 4. The van der Waals surface area contributed by atoms with Crippen molar-refractivity contribution in [2.45, 2.75) is 40.5 Å². The molecule has 0 unspecified atom stereocenters. The fourth-order valence-electron chi connectivity index (χ4n) is 11.0. The molecule has 0 radical (unpaired) electrons. The van der Waals surface area contributed by atoms with Crippen LogP contribution in [0.25, 0.3) is 47.6 Å². The minimum absolute atomic E-state index is 0.933. The van der Waals surface area contributed by atoms with Crippen LogP contribution in [-0.4, -0.2) is 0 Å². The highest BCUT2D eigenvalue weighted by Gasteiger charge is 2.20. The highest BCUT2D eigenvalue weighted by atomic mass is 15.2. The Bertz CT molecular complexity index is 3660. The van der Waals surface area contributed by atoms with Crippen molar-refractivity contribution in [3.8, 4) is 0 Å². The molecule has 0 aromatic heterocycles. The number of rotatable bonds is 18. The van der Waals surface area contributed by atoms with E-state index in [1.54, 1.807) is 0 Å². The number of hydrogen-bond acceptors (Lipinski definition) is 2. The van der Waals surface area contributed by atoms with Gasteiger partial charge in [0, 0.05) is 22.7 Å². The van der Waals surface area contributed by atoms with Gasteiger partial charge in [0.05, 0.1) is 11.4 Å². The molecule has 11 rings (SSSR count). The fourth-order valence-corrected chi connectivity index (χ4v) is 11.0. The molecule has 0 heterocycles. The van der Waals surface area contributed by atoms with Gasteiger partial charge in [-0.2, -0.15) is 0 Å². The Hall–Kier alpha value is -10.0. The lowest BCUT2D eigenvalue weighted by molar-refractivity contribution is 1.10. The smallest absolute Gasteiger partial charge is 0.0522 e. The molecule has 0 aliphatic heterocycles. The molecule has 0 aliphatic rings. The second-order valence-corrected chi connectivity index (χ2v) is 20.8. The Labute approximate surface area is 486 Å². The van der Waals surface area contributed by atoms with Gasteiger partial charge in [-0.15, -0.1) is 0 Å². The largest absolute Gasteiger partial charge is 0.310 e. The summed E-state index contributed by atoms with van der Waals surface area (Å²) in [5, 5.41) is 0. The number of anilines is 6. The standard InChI is InChI=1S/C80H68N2/c1-5-67-34-19-22-59(3)79(67)81(75-52-44-65(45-53-75)57-77(69-26-11-7-12-27-69)70-28-13-8-14-29-70)73-48-40-61(41-49-73)36-38-63-24-21-25-64(56-63)39-37-62-42-50-74(51-43-62)82(80-60(4)23-20-35-68(80)6-2)76-54-46-66(47-55-76)58-78(71-30-15-9-16-31-71)72-32-17-10-18-33-72/h7-58H,5-6H2,1-4H3/b38-36+,39-37+. The predicted molar refractivity (Wildman–Crippen MR) is 354 cm³/mol. The molecule has 0 spiro atoms. The Balaban J connectivity index is 0.817. The van der Waals surface area contributed by atoms with E-state index < -0.39 is 0 Å². The van der Waals surface area contributed by atoms with Crippen LogP contribution in [0, 0.1) is 13.8 Å². The van der Waals surface area contributed by atoms with E-state index in [0.29, 0.717) is 0 Å². The summed E-state index contributed by atoms with van der Waals surface area (Å²) >= 11 is 0. The van der Waals surface area contributed by atoms with Crippen LogP contribution in [0.1, 0.15) is 91.7 Å². The quantitative estimate of drug-likeness (QED) is 0.0790. The molecular formula is C80H68N2. The minimum Gasteiger partial charge on any atom is -0.310 e. The minimum atomic E-state index is 0.933. The van der Waals surface area contributed by atoms with Crippen LogP contribution >= 0.6 is 0 Å². The zero-order valence-corrected chi connectivity index (χ0v) is 47.3. The average Bonchev–Trinajstić information content (AvgIpc) is 3.48. The maximum Gasteiger partial charge on any atom is 0.0522 e. The van der Waals surface area contributed by atoms with E-state index in [1.165, 1.54) is 67.0 Å². The van der Waals surface area contributed by atoms with E-state index in [9.17, 15) is 0 Å². The Morgan fingerprint density at radius 1 is 0.280 bits per heavy atom. The van der Waals surface area contributed by atoms with Crippen LogP contribution in [0.5, 0.6) is 0 Å². The normalized spacial score (nSPS) is 11.2. The van der Waals surface area contributed by atoms with Crippen LogP contribution in [0.15, 0.2) is 279 Å². The third kappa shape index (κ3) is 12.7. The first kappa shape index (κ1) is 54.0. The molecule has 0 saturated heterocycles. The van der Waals surface area contributed by atoms with E-state index in [0.717, 1.165) is 69.0 Å². The molecule has 2 heteroatoms. The van der Waals surface area contributed by atoms with Gasteiger partial charge in [0.1, 0.15) is 0 Å². The average molecular weight is 1060 g/mol. The van der Waals surface area contributed by atoms with Crippen molar-refractivity contribution in [1.29, 1.82) is 0 Å². The summed E-state index contributed by atoms with van der Waals surface area (Å²) in [7, 11) is 0. The summed E-state index contributed by atoms with van der Waals surface area (Å²) in [6, 6.07) is 101. The molecule has 0 fully saturated rings. The topological polar surface area (TPSA) is 6.48 Å². The van der Waals surface area contributed by atoms with Crippen LogP contribution in [0.4, 0.5) is 34.1 Å². The van der Waals surface area contributed by atoms with E-state index in [2.05, 4.69) is 353 Å². The fraction of sp³-hybridized carbons (Fsp3) is 0.0750. The summed E-state index contributed by atoms with van der Waals surface area (Å²) in [4.78, 5) is 4.84. The van der Waals surface area contributed by atoms with Gasteiger partial charge in [-0.3, -0.25) is 0 Å². The monoisotopic (exact) mass is 1060 g/mol. The third-order valence-corrected chi connectivity index (χ3v) is 15.3. The molecule has 0 N–H and O–H groups in total. The van der Waals surface area contributed by atoms with Crippen molar-refractivity contribution in [2.75, 3.05) is 9.80 Å². The van der Waals surface area contributed by atoms with Gasteiger partial charge >= 0.3 is 0 Å². The second kappa shape index (κ2) is 25.8. The summed E-state index contributed by atoms with van der Waals surface area (Å²) < 4.78 is 0. The summed E-state index contributed by atoms with van der Waals surface area (Å²) in [6.07, 6.45) is 15.3. The number of para-hydroxylation sites is 2. The number of nitrogens with zero attached hydrogens (tertiary/aromatic N) is 2. The van der Waals surface area contributed by atoms with Gasteiger partial charge in [-0.05, 0) is 182 Å². The number of benzene rings is 11. The van der Waals surface area contributed by atoms with Gasteiger partial charge in [-0.1, -0.05) is 263 Å². The van der Waals surface area contributed by atoms with Gasteiger partial charge in [0.2, 0.25) is 0 Å². The first-order valence-electron chi connectivity index (χ1n) is 28.7. The van der Waals surface area contributed by atoms with E-state index in [-0.39, 0.29) is 0 Å². The highest BCUT2D eigenvalue weighted by Crippen LogP contribution is 2.42. The van der Waals surface area contributed by atoms with Crippen molar-refractivity contribution in [3.63, 3.8) is 0 Å². The number of hydrogen-bond donors (Lipinski definition) is 0. The van der Waals surface area contributed by atoms with Gasteiger partial charge < -0.3 is 9.80 Å². The first-order chi connectivity index (χ1) is 40.4. The van der Waals surface area contributed by atoms with Crippen molar-refractivity contribution in [2.24, 2.45) is 0 Å². The van der Waals surface area contributed by atoms with Crippen LogP contribution < -0.4 is 9.80 Å². The predicted octanol–water partition coefficient (Wildman–Crippen LogP) is 21.9. The van der Waals surface area contributed by atoms with Crippen LogP contribution in [-0.2, 0) is 12.8 Å². The SMILES string of the molecule is CCc1cccc(C)c1N(c1ccc(C=C(c2ccccc2)c2ccccc2)cc1)c1ccc(/C=C/c2cccc(/C=C/c3ccc(N(c4ccc(C=C(c5ccccc5)c5ccccc5)cc4)c4c(C)cccc4CC)cc3)c2)cc1.